The van der Waals surface area contributed by atoms with E-state index in [1.165, 1.54) is 55.7 Å². The lowest BCUT2D eigenvalue weighted by Gasteiger charge is -2.29. The van der Waals surface area contributed by atoms with Crippen LogP contribution in [-0.2, 0) is 21.7 Å². The van der Waals surface area contributed by atoms with E-state index in [-0.39, 0.29) is 21.7 Å². The molecular formula is C57H60N4O. The first-order valence-electron chi connectivity index (χ1n) is 22.1. The molecule has 0 N–H and O–H groups in total. The normalized spacial score (nSPS) is 13.6. The van der Waals surface area contributed by atoms with Crippen LogP contribution in [0.25, 0.3) is 27.6 Å². The second-order valence-electron chi connectivity index (χ2n) is 20.7. The number of benzene rings is 6. The van der Waals surface area contributed by atoms with Gasteiger partial charge in [0, 0.05) is 45.9 Å². The van der Waals surface area contributed by atoms with Gasteiger partial charge in [-0.15, -0.1) is 0 Å². The lowest BCUT2D eigenvalue weighted by molar-refractivity contribution is 0.480. The van der Waals surface area contributed by atoms with E-state index in [9.17, 15) is 0 Å². The van der Waals surface area contributed by atoms with Crippen molar-refractivity contribution in [3.8, 4) is 17.3 Å². The smallest absolute Gasteiger partial charge is 0.137 e. The Hall–Kier alpha value is -6.33. The van der Waals surface area contributed by atoms with E-state index in [0.29, 0.717) is 6.67 Å². The van der Waals surface area contributed by atoms with Crippen molar-refractivity contribution in [3.05, 3.63) is 180 Å². The number of rotatable bonds is 7. The van der Waals surface area contributed by atoms with Gasteiger partial charge in [0.15, 0.2) is 0 Å². The quantitative estimate of drug-likeness (QED) is 0.160. The van der Waals surface area contributed by atoms with E-state index < -0.39 is 0 Å². The zero-order chi connectivity index (χ0) is 43.8. The predicted octanol–water partition coefficient (Wildman–Crippen LogP) is 15.4. The lowest BCUT2D eigenvalue weighted by atomic mass is 9.78. The molecule has 1 aliphatic rings. The fourth-order valence-electron chi connectivity index (χ4n) is 9.08. The van der Waals surface area contributed by atoms with Gasteiger partial charge in [0.25, 0.3) is 0 Å². The minimum atomic E-state index is -0.157. The molecule has 0 saturated heterocycles. The molecule has 2 aromatic heterocycles. The number of nitrogens with zero attached hydrogens (tertiary/aromatic N) is 4. The van der Waals surface area contributed by atoms with E-state index in [4.69, 9.17) is 9.72 Å². The molecule has 314 valence electrons. The molecule has 0 saturated carbocycles. The van der Waals surface area contributed by atoms with E-state index in [2.05, 4.69) is 236 Å². The van der Waals surface area contributed by atoms with Crippen LogP contribution in [0.15, 0.2) is 152 Å². The zero-order valence-corrected chi connectivity index (χ0v) is 38.3. The molecule has 8 aromatic rings. The molecule has 9 rings (SSSR count). The molecule has 5 nitrogen and oxygen atoms in total. The summed E-state index contributed by atoms with van der Waals surface area (Å²) in [6.45, 7) is 25.8. The van der Waals surface area contributed by atoms with Crippen LogP contribution in [0, 0.1) is 0 Å². The van der Waals surface area contributed by atoms with Gasteiger partial charge in [-0.05, 0) is 105 Å². The van der Waals surface area contributed by atoms with Gasteiger partial charge in [-0.1, -0.05) is 149 Å². The van der Waals surface area contributed by atoms with Crippen LogP contribution in [-0.4, -0.2) is 16.2 Å². The standard InChI is InChI=1S/C57H60N4O/c1-54(2,3)39-27-28-49-50(32-39)60(42-22-17-21-41(31-42)57(10,11)38-19-13-12-14-20-38)37-59(49)43-23-18-24-44(34-43)62-45-35-47(56(7,8)9)53-46-25-15-16-26-48(46)61(51(53)36-45)52-33-40(29-30-58-52)55(4,5)6/h12-36H,37H2,1-11H3. The Balaban J connectivity index is 1.13. The number of pyridine rings is 1. The summed E-state index contributed by atoms with van der Waals surface area (Å²) in [4.78, 5) is 9.85. The second kappa shape index (κ2) is 14.9. The Bertz CT molecular complexity index is 2950. The van der Waals surface area contributed by atoms with Gasteiger partial charge in [-0.3, -0.25) is 4.57 Å². The number of ether oxygens (including phenoxy) is 1. The molecule has 1 aliphatic heterocycles. The number of para-hydroxylation sites is 1. The van der Waals surface area contributed by atoms with Crippen molar-refractivity contribution < 1.29 is 4.74 Å². The van der Waals surface area contributed by atoms with Gasteiger partial charge in [0.2, 0.25) is 0 Å². The number of fused-ring (bicyclic) bond motifs is 4. The summed E-state index contributed by atoms with van der Waals surface area (Å²) < 4.78 is 9.29. The van der Waals surface area contributed by atoms with Gasteiger partial charge in [0.1, 0.15) is 24.0 Å². The van der Waals surface area contributed by atoms with Crippen molar-refractivity contribution in [1.29, 1.82) is 0 Å². The fraction of sp³-hybridized carbons (Fsp3) is 0.281. The highest BCUT2D eigenvalue weighted by molar-refractivity contribution is 6.11. The molecule has 0 aliphatic carbocycles. The first-order chi connectivity index (χ1) is 29.4. The van der Waals surface area contributed by atoms with Crippen molar-refractivity contribution in [2.75, 3.05) is 16.5 Å². The SMILES string of the molecule is CC(C)(C)c1ccnc(-n2c3ccccc3c3c(C(C)(C)C)cc(Oc4cccc(N5CN(c6cccc(C(C)(C)c7ccccc7)c6)c6cc(C(C)(C)C)ccc65)c4)cc32)c1. The number of hydrogen-bond donors (Lipinski definition) is 0. The summed E-state index contributed by atoms with van der Waals surface area (Å²) >= 11 is 0. The van der Waals surface area contributed by atoms with E-state index in [1.54, 1.807) is 0 Å². The van der Waals surface area contributed by atoms with Crippen molar-refractivity contribution in [1.82, 2.24) is 9.55 Å². The van der Waals surface area contributed by atoms with Crippen LogP contribution in [0.2, 0.25) is 0 Å². The molecule has 0 bridgehead atoms. The molecule has 0 unspecified atom stereocenters. The molecule has 3 heterocycles. The van der Waals surface area contributed by atoms with Gasteiger partial charge < -0.3 is 14.5 Å². The number of hydrogen-bond acceptors (Lipinski definition) is 4. The van der Waals surface area contributed by atoms with Crippen LogP contribution < -0.4 is 14.5 Å². The monoisotopic (exact) mass is 816 g/mol. The lowest BCUT2D eigenvalue weighted by Crippen LogP contribution is -2.25. The highest BCUT2D eigenvalue weighted by Crippen LogP contribution is 2.48. The Labute approximate surface area is 368 Å². The summed E-state index contributed by atoms with van der Waals surface area (Å²) in [6, 6.07) is 53.0. The van der Waals surface area contributed by atoms with Crippen LogP contribution in [0.4, 0.5) is 22.7 Å². The maximum atomic E-state index is 6.97. The van der Waals surface area contributed by atoms with Crippen LogP contribution in [0.5, 0.6) is 11.5 Å². The van der Waals surface area contributed by atoms with Crippen molar-refractivity contribution in [2.24, 2.45) is 0 Å². The summed E-state index contributed by atoms with van der Waals surface area (Å²) in [7, 11) is 0. The first kappa shape index (κ1) is 41.0. The Morgan fingerprint density at radius 3 is 1.84 bits per heavy atom. The Morgan fingerprint density at radius 1 is 0.468 bits per heavy atom. The third-order valence-corrected chi connectivity index (χ3v) is 12.8. The van der Waals surface area contributed by atoms with Crippen LogP contribution in [0.3, 0.4) is 0 Å². The summed E-state index contributed by atoms with van der Waals surface area (Å²) in [6.07, 6.45) is 1.94. The summed E-state index contributed by atoms with van der Waals surface area (Å²) in [5.41, 5.74) is 12.9. The van der Waals surface area contributed by atoms with Crippen molar-refractivity contribution in [2.45, 2.75) is 97.8 Å². The summed E-state index contributed by atoms with van der Waals surface area (Å²) in [5.74, 6) is 2.49. The van der Waals surface area contributed by atoms with Crippen LogP contribution in [0.1, 0.15) is 104 Å². The first-order valence-corrected chi connectivity index (χ1v) is 22.1. The molecule has 62 heavy (non-hydrogen) atoms. The Morgan fingerprint density at radius 2 is 1.11 bits per heavy atom. The third-order valence-electron chi connectivity index (χ3n) is 12.8. The molecule has 5 heteroatoms. The average molecular weight is 817 g/mol. The average Bonchev–Trinajstić information content (AvgIpc) is 3.79. The molecular weight excluding hydrogens is 757 g/mol. The maximum absolute atomic E-state index is 6.97. The molecule has 0 fully saturated rings. The fourth-order valence-corrected chi connectivity index (χ4v) is 9.08. The summed E-state index contributed by atoms with van der Waals surface area (Å²) in [5, 5.41) is 2.45. The molecule has 0 radical (unpaired) electrons. The predicted molar refractivity (Wildman–Crippen MR) is 262 cm³/mol. The Kier molecular flexibility index (Phi) is 9.89. The number of aromatic nitrogens is 2. The zero-order valence-electron chi connectivity index (χ0n) is 38.3. The van der Waals surface area contributed by atoms with Gasteiger partial charge in [-0.2, -0.15) is 0 Å². The molecule has 0 atom stereocenters. The van der Waals surface area contributed by atoms with Crippen LogP contribution >= 0.6 is 0 Å². The van der Waals surface area contributed by atoms with Gasteiger partial charge in [-0.25, -0.2) is 4.98 Å². The number of anilines is 4. The molecule has 0 amide bonds. The second-order valence-corrected chi connectivity index (χ2v) is 20.7. The van der Waals surface area contributed by atoms with Gasteiger partial charge in [0.05, 0.1) is 22.4 Å². The highest BCUT2D eigenvalue weighted by atomic mass is 16.5. The highest BCUT2D eigenvalue weighted by Gasteiger charge is 2.32. The topological polar surface area (TPSA) is 33.5 Å². The van der Waals surface area contributed by atoms with E-state index in [0.717, 1.165) is 34.0 Å². The minimum Gasteiger partial charge on any atom is -0.457 e. The van der Waals surface area contributed by atoms with Crippen molar-refractivity contribution in [3.63, 3.8) is 0 Å². The molecule has 0 spiro atoms. The van der Waals surface area contributed by atoms with E-state index >= 15 is 0 Å². The third kappa shape index (κ3) is 7.42. The van der Waals surface area contributed by atoms with E-state index in [1.807, 2.05) is 6.20 Å². The van der Waals surface area contributed by atoms with Gasteiger partial charge >= 0.3 is 0 Å². The largest absolute Gasteiger partial charge is 0.457 e. The van der Waals surface area contributed by atoms with Crippen molar-refractivity contribution >= 4 is 44.6 Å². The minimum absolute atomic E-state index is 0.00317. The molecule has 6 aromatic carbocycles. The maximum Gasteiger partial charge on any atom is 0.137 e.